The third-order valence-corrected chi connectivity index (χ3v) is 12.1. The molecule has 0 aromatic carbocycles. The molecule has 0 atom stereocenters. The van der Waals surface area contributed by atoms with Gasteiger partial charge in [-0.3, -0.25) is 19.9 Å². The second-order valence-corrected chi connectivity index (χ2v) is 14.1. The van der Waals surface area contributed by atoms with Gasteiger partial charge in [0, 0.05) is 74.8 Å². The van der Waals surface area contributed by atoms with E-state index < -0.39 is 17.6 Å². The number of nitrogens with zero attached hydrogens (tertiary/aromatic N) is 6. The van der Waals surface area contributed by atoms with Gasteiger partial charge in [0.15, 0.2) is 0 Å². The van der Waals surface area contributed by atoms with Gasteiger partial charge in [-0.1, -0.05) is 24.3 Å². The Balaban J connectivity index is 0.000000838. The van der Waals surface area contributed by atoms with Crippen LogP contribution < -0.4 is 10.4 Å². The number of hydrogen-bond acceptors (Lipinski definition) is 12. The zero-order chi connectivity index (χ0) is 35.7. The van der Waals surface area contributed by atoms with Crippen LogP contribution in [0, 0.1) is 23.7 Å². The van der Waals surface area contributed by atoms with Crippen molar-refractivity contribution in [3.8, 4) is 22.8 Å². The Morgan fingerprint density at radius 1 is 0.449 bits per heavy atom. The maximum atomic E-state index is 6.25. The summed E-state index contributed by atoms with van der Waals surface area (Å²) in [4.78, 5) is 17.6. The summed E-state index contributed by atoms with van der Waals surface area (Å²) in [5, 5.41) is 14.2. The van der Waals surface area contributed by atoms with Crippen LogP contribution in [0.5, 0.6) is 0 Å². The molecule has 0 N–H and O–H groups in total. The molecule has 0 bridgehead atoms. The maximum Gasteiger partial charge on any atom is 2.00 e. The quantitative estimate of drug-likeness (QED) is 0.112. The topological polar surface area (TPSA) is 155 Å². The van der Waals surface area contributed by atoms with E-state index in [1.165, 1.54) is 0 Å². The Hall–Kier alpha value is -3.71. The number of hydrogen-bond donors (Lipinski definition) is 0. The summed E-state index contributed by atoms with van der Waals surface area (Å²) < 4.78 is 35.3. The molecule has 15 heteroatoms. The molecular formula is C34H44FeN6O6Si2. The van der Waals surface area contributed by atoms with E-state index >= 15 is 0 Å². The van der Waals surface area contributed by atoms with Crippen molar-refractivity contribution >= 4 is 28.0 Å². The van der Waals surface area contributed by atoms with Crippen LogP contribution in [0.3, 0.4) is 0 Å². The molecule has 0 saturated carbocycles. The average Bonchev–Trinajstić information content (AvgIpc) is 3.15. The monoisotopic (exact) mass is 744 g/mol. The Labute approximate surface area is 303 Å². The molecule has 0 saturated heterocycles. The van der Waals surface area contributed by atoms with Crippen molar-refractivity contribution in [1.29, 1.82) is 10.5 Å². The van der Waals surface area contributed by atoms with Gasteiger partial charge in [-0.05, 0) is 77.9 Å². The molecule has 4 heterocycles. The molecule has 0 amide bonds. The molecule has 0 aliphatic carbocycles. The third kappa shape index (κ3) is 13.6. The van der Waals surface area contributed by atoms with Gasteiger partial charge in [-0.15, -0.1) is 0 Å². The first-order valence-electron chi connectivity index (χ1n) is 15.5. The molecule has 0 aliphatic heterocycles. The van der Waals surface area contributed by atoms with Crippen LogP contribution in [0.25, 0.3) is 22.8 Å². The van der Waals surface area contributed by atoms with Crippen LogP contribution in [0.1, 0.15) is 41.5 Å². The van der Waals surface area contributed by atoms with Crippen LogP contribution >= 0.6 is 0 Å². The van der Waals surface area contributed by atoms with Crippen molar-refractivity contribution < 1.29 is 43.6 Å². The van der Waals surface area contributed by atoms with Gasteiger partial charge in [-0.2, -0.15) is 0 Å². The SMILES string of the molecule is CCO[Si](OCC)(OCC)c1ccc(-c2ccccn2)nc1.CCO[Si](OCC)(OCC)c1ccc(-c2ccccn2)nc1.[C-]#N.[C-]#N.[Fe+2]. The van der Waals surface area contributed by atoms with Crippen molar-refractivity contribution in [1.82, 2.24) is 19.9 Å². The summed E-state index contributed by atoms with van der Waals surface area (Å²) in [6, 6.07) is 19.3. The molecular weight excluding hydrogens is 700 g/mol. The Morgan fingerprint density at radius 2 is 0.735 bits per heavy atom. The van der Waals surface area contributed by atoms with Crippen molar-refractivity contribution in [2.75, 3.05) is 39.6 Å². The number of aromatic nitrogens is 4. The fourth-order valence-electron chi connectivity index (χ4n) is 4.37. The largest absolute Gasteiger partial charge is 2.00 e. The summed E-state index contributed by atoms with van der Waals surface area (Å²) in [6.45, 7) is 24.4. The van der Waals surface area contributed by atoms with Crippen LogP contribution in [-0.4, -0.2) is 77.2 Å². The van der Waals surface area contributed by atoms with Crippen LogP contribution in [0.15, 0.2) is 85.5 Å². The van der Waals surface area contributed by atoms with Crippen molar-refractivity contribution in [3.63, 3.8) is 0 Å². The van der Waals surface area contributed by atoms with E-state index in [9.17, 15) is 0 Å². The fraction of sp³-hybridized carbons (Fsp3) is 0.353. The van der Waals surface area contributed by atoms with Crippen LogP contribution in [-0.2, 0) is 43.6 Å². The average molecular weight is 745 g/mol. The Morgan fingerprint density at radius 3 is 0.939 bits per heavy atom. The first-order valence-corrected chi connectivity index (χ1v) is 19.0. The fourth-order valence-corrected chi connectivity index (χ4v) is 9.17. The minimum absolute atomic E-state index is 0. The minimum Gasteiger partial charge on any atom is -0.512 e. The van der Waals surface area contributed by atoms with E-state index in [0.717, 1.165) is 33.1 Å². The molecule has 4 rings (SSSR count). The summed E-state index contributed by atoms with van der Waals surface area (Å²) in [6.07, 6.45) is 7.06. The molecule has 262 valence electrons. The van der Waals surface area contributed by atoms with Crippen molar-refractivity contribution in [2.24, 2.45) is 0 Å². The first kappa shape index (κ1) is 45.3. The van der Waals surface area contributed by atoms with E-state index in [1.54, 1.807) is 24.8 Å². The van der Waals surface area contributed by atoms with Crippen molar-refractivity contribution in [3.05, 3.63) is 98.6 Å². The summed E-state index contributed by atoms with van der Waals surface area (Å²) in [7, 11) is -5.76. The van der Waals surface area contributed by atoms with Gasteiger partial charge in [0.05, 0.1) is 22.8 Å². The van der Waals surface area contributed by atoms with Gasteiger partial charge < -0.3 is 50.2 Å². The third-order valence-electron chi connectivity index (χ3n) is 6.09. The van der Waals surface area contributed by atoms with Gasteiger partial charge in [0.1, 0.15) is 0 Å². The van der Waals surface area contributed by atoms with E-state index in [4.69, 9.17) is 50.2 Å². The molecule has 0 aliphatic rings. The van der Waals surface area contributed by atoms with E-state index in [0.29, 0.717) is 39.6 Å². The summed E-state index contributed by atoms with van der Waals surface area (Å²) in [5.41, 5.74) is 3.31. The van der Waals surface area contributed by atoms with Gasteiger partial charge in [0.25, 0.3) is 0 Å². The Kier molecular flexibility index (Phi) is 24.2. The molecule has 4 aromatic rings. The normalized spacial score (nSPS) is 10.5. The minimum atomic E-state index is -2.88. The molecule has 49 heavy (non-hydrogen) atoms. The number of rotatable bonds is 16. The molecule has 0 unspecified atom stereocenters. The van der Waals surface area contributed by atoms with Gasteiger partial charge in [0.2, 0.25) is 0 Å². The second kappa shape index (κ2) is 26.2. The van der Waals surface area contributed by atoms with Gasteiger partial charge in [-0.25, -0.2) is 0 Å². The molecule has 0 fully saturated rings. The zero-order valence-electron chi connectivity index (χ0n) is 28.8. The van der Waals surface area contributed by atoms with E-state index in [2.05, 4.69) is 19.9 Å². The molecule has 0 spiro atoms. The smallest absolute Gasteiger partial charge is 0.512 e. The molecule has 4 aromatic heterocycles. The van der Waals surface area contributed by atoms with Crippen LogP contribution in [0.4, 0.5) is 0 Å². The zero-order valence-corrected chi connectivity index (χ0v) is 31.9. The second-order valence-electron chi connectivity index (χ2n) is 9.00. The number of pyridine rings is 4. The molecule has 0 radical (unpaired) electrons. The first-order chi connectivity index (χ1) is 23.5. The van der Waals surface area contributed by atoms with E-state index in [1.807, 2.05) is 102 Å². The predicted octanol–water partition coefficient (Wildman–Crippen LogP) is 4.99. The van der Waals surface area contributed by atoms with Crippen LogP contribution in [0.2, 0.25) is 0 Å². The van der Waals surface area contributed by atoms with E-state index in [-0.39, 0.29) is 17.1 Å². The predicted molar refractivity (Wildman–Crippen MR) is 185 cm³/mol. The maximum absolute atomic E-state index is 6.25. The standard InChI is InChI=1S/2C16H22N2O3Si.2CN.Fe/c2*1-4-19-22(20-5-2,21-6-3)14-10-11-16(18-13-14)15-9-7-8-12-17-15;2*1-2;/h2*7-13H,4-6H2,1-3H3;;;/q;;2*-1;+2. The van der Waals surface area contributed by atoms with Crippen molar-refractivity contribution in [2.45, 2.75) is 41.5 Å². The van der Waals surface area contributed by atoms with Gasteiger partial charge >= 0.3 is 34.7 Å². The molecule has 12 nitrogen and oxygen atoms in total. The summed E-state index contributed by atoms with van der Waals surface area (Å²) >= 11 is 0. The summed E-state index contributed by atoms with van der Waals surface area (Å²) in [5.74, 6) is 0. The Bertz CT molecular complexity index is 1290.